The van der Waals surface area contributed by atoms with Crippen molar-refractivity contribution < 1.29 is 5.11 Å². The van der Waals surface area contributed by atoms with E-state index in [2.05, 4.69) is 59.2 Å². The lowest BCUT2D eigenvalue weighted by Crippen LogP contribution is -2.05. The summed E-state index contributed by atoms with van der Waals surface area (Å²) in [5.41, 5.74) is 5.99. The lowest BCUT2D eigenvalue weighted by Gasteiger charge is -2.19. The van der Waals surface area contributed by atoms with E-state index in [1.807, 2.05) is 26.2 Å². The van der Waals surface area contributed by atoms with Crippen molar-refractivity contribution in [1.82, 2.24) is 0 Å². The van der Waals surface area contributed by atoms with Gasteiger partial charge < -0.3 is 15.7 Å². The van der Waals surface area contributed by atoms with Gasteiger partial charge in [0.25, 0.3) is 0 Å². The summed E-state index contributed by atoms with van der Waals surface area (Å²) >= 11 is 0. The molecule has 0 bridgehead atoms. The minimum atomic E-state index is 0.265. The van der Waals surface area contributed by atoms with Crippen LogP contribution in [0.25, 0.3) is 0 Å². The smallest absolute Gasteiger partial charge is 0.115 e. The number of hydrogen-bond donors (Lipinski definition) is 3. The molecule has 128 valence electrons. The van der Waals surface area contributed by atoms with Gasteiger partial charge in [-0.1, -0.05) is 36.4 Å². The first-order valence-electron chi connectivity index (χ1n) is 8.53. The Balaban J connectivity index is 1.95. The van der Waals surface area contributed by atoms with Crippen molar-refractivity contribution in [2.45, 2.75) is 12.3 Å². The second-order valence-electron chi connectivity index (χ2n) is 6.17. The first-order valence-corrected chi connectivity index (χ1v) is 8.53. The number of phenolic OH excluding ortho intramolecular Hbond substituents is 1. The van der Waals surface area contributed by atoms with Gasteiger partial charge in [0.2, 0.25) is 0 Å². The second-order valence-corrected chi connectivity index (χ2v) is 6.17. The van der Waals surface area contributed by atoms with Gasteiger partial charge >= 0.3 is 0 Å². The number of rotatable bonds is 6. The third kappa shape index (κ3) is 4.13. The summed E-state index contributed by atoms with van der Waals surface area (Å²) in [6.45, 7) is 0. The van der Waals surface area contributed by atoms with E-state index in [4.69, 9.17) is 0 Å². The minimum Gasteiger partial charge on any atom is -0.508 e. The fourth-order valence-corrected chi connectivity index (χ4v) is 3.06. The molecule has 0 aromatic heterocycles. The molecule has 0 saturated carbocycles. The molecule has 3 nitrogen and oxygen atoms in total. The highest BCUT2D eigenvalue weighted by molar-refractivity contribution is 5.49. The van der Waals surface area contributed by atoms with Gasteiger partial charge in [0.05, 0.1) is 0 Å². The Morgan fingerprint density at radius 2 is 1.12 bits per heavy atom. The van der Waals surface area contributed by atoms with Gasteiger partial charge in [-0.2, -0.15) is 0 Å². The van der Waals surface area contributed by atoms with Crippen LogP contribution in [0.5, 0.6) is 5.75 Å². The average molecular weight is 332 g/mol. The van der Waals surface area contributed by atoms with Gasteiger partial charge in [-0.15, -0.1) is 0 Å². The van der Waals surface area contributed by atoms with Crippen molar-refractivity contribution in [1.29, 1.82) is 0 Å². The number of anilines is 2. The van der Waals surface area contributed by atoms with Gasteiger partial charge in [0.15, 0.2) is 0 Å². The van der Waals surface area contributed by atoms with Crippen LogP contribution in [0, 0.1) is 0 Å². The molecule has 0 saturated heterocycles. The van der Waals surface area contributed by atoms with Crippen LogP contribution in [-0.2, 0) is 6.42 Å². The number of hydrogen-bond acceptors (Lipinski definition) is 3. The molecule has 0 unspecified atom stereocenters. The third-order valence-corrected chi connectivity index (χ3v) is 4.58. The van der Waals surface area contributed by atoms with Crippen LogP contribution in [0.1, 0.15) is 22.6 Å². The van der Waals surface area contributed by atoms with Gasteiger partial charge in [0.1, 0.15) is 5.75 Å². The molecule has 0 aliphatic heterocycles. The van der Waals surface area contributed by atoms with Crippen LogP contribution in [-0.4, -0.2) is 19.2 Å². The SMILES string of the molecule is CNc1ccc(C(Cc2ccc(O)cc2)c2ccc(NC)cc2)cc1. The summed E-state index contributed by atoms with van der Waals surface area (Å²) in [5.74, 6) is 0.568. The van der Waals surface area contributed by atoms with E-state index < -0.39 is 0 Å². The first kappa shape index (κ1) is 16.9. The molecular formula is C22H24N2O. The van der Waals surface area contributed by atoms with Crippen LogP contribution in [0.4, 0.5) is 11.4 Å². The number of benzene rings is 3. The highest BCUT2D eigenvalue weighted by atomic mass is 16.3. The fourth-order valence-electron chi connectivity index (χ4n) is 3.06. The Labute approximate surface area is 149 Å². The Morgan fingerprint density at radius 3 is 1.52 bits per heavy atom. The van der Waals surface area contributed by atoms with Crippen LogP contribution < -0.4 is 10.6 Å². The Morgan fingerprint density at radius 1 is 0.680 bits per heavy atom. The van der Waals surface area contributed by atoms with E-state index in [1.54, 1.807) is 12.1 Å². The van der Waals surface area contributed by atoms with Crippen LogP contribution in [0.3, 0.4) is 0 Å². The van der Waals surface area contributed by atoms with Crippen molar-refractivity contribution in [2.75, 3.05) is 24.7 Å². The van der Waals surface area contributed by atoms with Crippen molar-refractivity contribution >= 4 is 11.4 Å². The largest absolute Gasteiger partial charge is 0.508 e. The number of nitrogens with one attached hydrogen (secondary N) is 2. The highest BCUT2D eigenvalue weighted by Gasteiger charge is 2.15. The van der Waals surface area contributed by atoms with Crippen molar-refractivity contribution in [3.05, 3.63) is 89.5 Å². The zero-order valence-corrected chi connectivity index (χ0v) is 14.7. The minimum absolute atomic E-state index is 0.265. The van der Waals surface area contributed by atoms with Gasteiger partial charge in [-0.05, 0) is 59.5 Å². The fraction of sp³-hybridized carbons (Fsp3) is 0.182. The predicted molar refractivity (Wildman–Crippen MR) is 106 cm³/mol. The molecule has 3 aromatic carbocycles. The summed E-state index contributed by atoms with van der Waals surface area (Å²) in [4.78, 5) is 0. The molecule has 3 rings (SSSR count). The molecule has 0 fully saturated rings. The molecule has 25 heavy (non-hydrogen) atoms. The molecular weight excluding hydrogens is 308 g/mol. The van der Waals surface area contributed by atoms with Crippen molar-refractivity contribution in [3.8, 4) is 5.75 Å². The zero-order valence-electron chi connectivity index (χ0n) is 14.7. The maximum Gasteiger partial charge on any atom is 0.115 e. The Kier molecular flexibility index (Phi) is 5.24. The lowest BCUT2D eigenvalue weighted by molar-refractivity contribution is 0.475. The highest BCUT2D eigenvalue weighted by Crippen LogP contribution is 2.30. The first-order chi connectivity index (χ1) is 12.2. The van der Waals surface area contributed by atoms with E-state index in [-0.39, 0.29) is 5.92 Å². The molecule has 0 amide bonds. The average Bonchev–Trinajstić information content (AvgIpc) is 2.68. The summed E-state index contributed by atoms with van der Waals surface area (Å²) in [7, 11) is 3.86. The van der Waals surface area contributed by atoms with E-state index in [0.29, 0.717) is 5.75 Å². The summed E-state index contributed by atoms with van der Waals surface area (Å²) in [5, 5.41) is 15.9. The van der Waals surface area contributed by atoms with E-state index in [1.165, 1.54) is 16.7 Å². The van der Waals surface area contributed by atoms with E-state index in [0.717, 1.165) is 17.8 Å². The maximum absolute atomic E-state index is 9.53. The Hall–Kier alpha value is -2.94. The lowest BCUT2D eigenvalue weighted by atomic mass is 9.86. The zero-order chi connectivity index (χ0) is 17.6. The van der Waals surface area contributed by atoms with Crippen LogP contribution in [0.2, 0.25) is 0 Å². The van der Waals surface area contributed by atoms with Crippen molar-refractivity contribution in [3.63, 3.8) is 0 Å². The van der Waals surface area contributed by atoms with E-state index in [9.17, 15) is 5.11 Å². The van der Waals surface area contributed by atoms with E-state index >= 15 is 0 Å². The van der Waals surface area contributed by atoms with Crippen LogP contribution in [0.15, 0.2) is 72.8 Å². The maximum atomic E-state index is 9.53. The number of aromatic hydroxyl groups is 1. The van der Waals surface area contributed by atoms with Crippen molar-refractivity contribution in [2.24, 2.45) is 0 Å². The molecule has 3 N–H and O–H groups in total. The summed E-state index contributed by atoms with van der Waals surface area (Å²) in [6.07, 6.45) is 0.887. The second kappa shape index (κ2) is 7.75. The quantitative estimate of drug-likeness (QED) is 0.604. The predicted octanol–water partition coefficient (Wildman–Crippen LogP) is 4.85. The normalized spacial score (nSPS) is 10.7. The monoisotopic (exact) mass is 332 g/mol. The number of phenols is 1. The summed E-state index contributed by atoms with van der Waals surface area (Å²) in [6, 6.07) is 24.7. The van der Waals surface area contributed by atoms with Gasteiger partial charge in [0, 0.05) is 31.4 Å². The molecule has 0 atom stereocenters. The molecule has 0 heterocycles. The molecule has 0 spiro atoms. The van der Waals surface area contributed by atoms with Gasteiger partial charge in [-0.3, -0.25) is 0 Å². The third-order valence-electron chi connectivity index (χ3n) is 4.58. The molecule has 0 aliphatic carbocycles. The van der Waals surface area contributed by atoms with Gasteiger partial charge in [-0.25, -0.2) is 0 Å². The molecule has 0 aliphatic rings. The topological polar surface area (TPSA) is 44.3 Å². The standard InChI is InChI=1S/C22H24N2O/c1-23-19-9-5-17(6-10-19)22(15-16-3-13-21(25)14-4-16)18-7-11-20(24-2)12-8-18/h3-14,22-25H,15H2,1-2H3. The molecule has 3 aromatic rings. The molecule has 3 heteroatoms. The van der Waals surface area contributed by atoms with Crippen LogP contribution >= 0.6 is 0 Å². The Bertz CT molecular complexity index is 745. The summed E-state index contributed by atoms with van der Waals surface area (Å²) < 4.78 is 0. The molecule has 0 radical (unpaired) electrons.